The van der Waals surface area contributed by atoms with E-state index in [0.29, 0.717) is 5.95 Å². The van der Waals surface area contributed by atoms with E-state index < -0.39 is 0 Å². The summed E-state index contributed by atoms with van der Waals surface area (Å²) in [6.45, 7) is 1.78. The number of aromatic nitrogens is 2. The third-order valence-corrected chi connectivity index (χ3v) is 6.50. The van der Waals surface area contributed by atoms with E-state index >= 15 is 0 Å². The predicted molar refractivity (Wildman–Crippen MR) is 118 cm³/mol. The minimum absolute atomic E-state index is 0.0608. The maximum atomic E-state index is 13.6. The lowest BCUT2D eigenvalue weighted by Gasteiger charge is -2.15. The highest BCUT2D eigenvalue weighted by molar-refractivity contribution is 7.18. The summed E-state index contributed by atoms with van der Waals surface area (Å²) in [5.41, 5.74) is 2.18. The van der Waals surface area contributed by atoms with Crippen LogP contribution in [-0.4, -0.2) is 41.6 Å². The second-order valence-corrected chi connectivity index (χ2v) is 8.82. The minimum Gasteiger partial charge on any atom is -0.355 e. The molecule has 0 spiro atoms. The number of fused-ring (bicyclic) bond motifs is 3. The van der Waals surface area contributed by atoms with Gasteiger partial charge in [0.1, 0.15) is 4.83 Å². The Hall–Kier alpha value is -2.18. The van der Waals surface area contributed by atoms with E-state index in [0.717, 1.165) is 54.7 Å². The van der Waals surface area contributed by atoms with E-state index in [-0.39, 0.29) is 5.56 Å². The van der Waals surface area contributed by atoms with Gasteiger partial charge in [0.25, 0.3) is 5.56 Å². The van der Waals surface area contributed by atoms with Gasteiger partial charge < -0.3 is 10.2 Å². The molecule has 28 heavy (non-hydrogen) atoms. The first-order valence-corrected chi connectivity index (χ1v) is 11.0. The molecule has 1 aliphatic carbocycles. The van der Waals surface area contributed by atoms with E-state index in [1.165, 1.54) is 23.3 Å². The Morgan fingerprint density at radius 3 is 2.71 bits per heavy atom. The molecule has 0 bridgehead atoms. The molecule has 0 amide bonds. The van der Waals surface area contributed by atoms with Crippen LogP contribution in [0.15, 0.2) is 35.1 Å². The number of benzene rings is 1. The maximum Gasteiger partial charge on any atom is 0.268 e. The maximum absolute atomic E-state index is 13.6. The average molecular weight is 397 g/mol. The van der Waals surface area contributed by atoms with Gasteiger partial charge >= 0.3 is 0 Å². The molecule has 3 aromatic rings. The molecule has 5 nitrogen and oxygen atoms in total. The molecule has 0 fully saturated rings. The second kappa shape index (κ2) is 8.45. The Labute approximate surface area is 170 Å². The van der Waals surface area contributed by atoms with Gasteiger partial charge in [0.05, 0.1) is 11.1 Å². The van der Waals surface area contributed by atoms with Crippen LogP contribution in [-0.2, 0) is 12.8 Å². The Morgan fingerprint density at radius 1 is 1.14 bits per heavy atom. The van der Waals surface area contributed by atoms with Crippen LogP contribution in [0.3, 0.4) is 0 Å². The van der Waals surface area contributed by atoms with Gasteiger partial charge in [-0.2, -0.15) is 0 Å². The van der Waals surface area contributed by atoms with Crippen molar-refractivity contribution >= 4 is 27.5 Å². The molecule has 148 valence electrons. The Bertz CT molecular complexity index is 1010. The molecule has 0 saturated heterocycles. The average Bonchev–Trinajstić information content (AvgIpc) is 2.87. The van der Waals surface area contributed by atoms with Gasteiger partial charge in [0.2, 0.25) is 5.95 Å². The lowest BCUT2D eigenvalue weighted by atomic mass is 10.1. The first-order chi connectivity index (χ1) is 13.6. The van der Waals surface area contributed by atoms with Crippen molar-refractivity contribution in [1.29, 1.82) is 0 Å². The molecule has 2 heterocycles. The summed E-state index contributed by atoms with van der Waals surface area (Å²) in [5.74, 6) is 0.652. The summed E-state index contributed by atoms with van der Waals surface area (Å²) in [4.78, 5) is 23.0. The Kier molecular flexibility index (Phi) is 5.78. The van der Waals surface area contributed by atoms with Crippen LogP contribution in [0.1, 0.15) is 36.1 Å². The standard InChI is InChI=1S/C22H28N4OS/c1-25(2)15-9-14-23-22-24-20-19(17-12-7-4-8-13-18(17)28-20)21(27)26(22)16-10-5-3-6-11-16/h3,5-6,10-11H,4,7-9,12-15H2,1-2H3,(H,23,24). The second-order valence-electron chi connectivity index (χ2n) is 7.74. The minimum atomic E-state index is 0.0608. The van der Waals surface area contributed by atoms with Crippen LogP contribution in [0.2, 0.25) is 0 Å². The van der Waals surface area contributed by atoms with Gasteiger partial charge in [-0.15, -0.1) is 11.3 Å². The van der Waals surface area contributed by atoms with E-state index in [1.807, 2.05) is 30.3 Å². The highest BCUT2D eigenvalue weighted by Crippen LogP contribution is 2.34. The SMILES string of the molecule is CN(C)CCCNc1nc2sc3c(c2c(=O)n1-c1ccccc1)CCCCC3. The zero-order chi connectivity index (χ0) is 19.5. The molecule has 6 heteroatoms. The zero-order valence-electron chi connectivity index (χ0n) is 16.7. The third kappa shape index (κ3) is 3.84. The molecule has 1 aromatic carbocycles. The van der Waals surface area contributed by atoms with Gasteiger partial charge in [-0.25, -0.2) is 9.55 Å². The molecular formula is C22H28N4OS. The monoisotopic (exact) mass is 396 g/mol. The van der Waals surface area contributed by atoms with E-state index in [4.69, 9.17) is 4.98 Å². The fourth-order valence-electron chi connectivity index (χ4n) is 3.91. The highest BCUT2D eigenvalue weighted by Gasteiger charge is 2.21. The normalized spacial score (nSPS) is 14.2. The van der Waals surface area contributed by atoms with Crippen molar-refractivity contribution in [3.8, 4) is 5.69 Å². The lowest BCUT2D eigenvalue weighted by Crippen LogP contribution is -2.25. The van der Waals surface area contributed by atoms with Crippen LogP contribution in [0.5, 0.6) is 0 Å². The van der Waals surface area contributed by atoms with Crippen molar-refractivity contribution in [2.24, 2.45) is 0 Å². The van der Waals surface area contributed by atoms with Gasteiger partial charge in [-0.1, -0.05) is 24.6 Å². The van der Waals surface area contributed by atoms with Crippen molar-refractivity contribution in [1.82, 2.24) is 14.5 Å². The van der Waals surface area contributed by atoms with Gasteiger partial charge in [-0.05, 0) is 70.4 Å². The molecular weight excluding hydrogens is 368 g/mol. The third-order valence-electron chi connectivity index (χ3n) is 5.32. The molecule has 0 atom stereocenters. The van der Waals surface area contributed by atoms with Gasteiger partial charge in [-0.3, -0.25) is 4.79 Å². The topological polar surface area (TPSA) is 50.2 Å². The molecule has 4 rings (SSSR count). The fourth-order valence-corrected chi connectivity index (χ4v) is 5.16. The zero-order valence-corrected chi connectivity index (χ0v) is 17.5. The number of anilines is 1. The molecule has 0 radical (unpaired) electrons. The quantitative estimate of drug-likeness (QED) is 0.504. The molecule has 1 N–H and O–H groups in total. The lowest BCUT2D eigenvalue weighted by molar-refractivity contribution is 0.405. The molecule has 0 unspecified atom stereocenters. The van der Waals surface area contributed by atoms with Crippen molar-refractivity contribution in [2.45, 2.75) is 38.5 Å². The number of rotatable bonds is 6. The summed E-state index contributed by atoms with van der Waals surface area (Å²) in [5, 5.41) is 4.26. The van der Waals surface area contributed by atoms with E-state index in [2.05, 4.69) is 24.3 Å². The largest absolute Gasteiger partial charge is 0.355 e. The van der Waals surface area contributed by atoms with Crippen molar-refractivity contribution in [3.05, 3.63) is 51.1 Å². The number of hydrogen-bond donors (Lipinski definition) is 1. The number of hydrogen-bond acceptors (Lipinski definition) is 5. The summed E-state index contributed by atoms with van der Waals surface area (Å²) in [7, 11) is 4.14. The Morgan fingerprint density at radius 2 is 1.93 bits per heavy atom. The van der Waals surface area contributed by atoms with Crippen LogP contribution < -0.4 is 10.9 Å². The number of thiophene rings is 1. The highest BCUT2D eigenvalue weighted by atomic mass is 32.1. The molecule has 0 saturated carbocycles. The summed E-state index contributed by atoms with van der Waals surface area (Å²) in [6, 6.07) is 9.86. The Balaban J connectivity index is 1.81. The molecule has 0 aliphatic heterocycles. The number of nitrogens with one attached hydrogen (secondary N) is 1. The van der Waals surface area contributed by atoms with Gasteiger partial charge in [0.15, 0.2) is 0 Å². The predicted octanol–water partition coefficient (Wildman–Crippen LogP) is 4.08. The smallest absolute Gasteiger partial charge is 0.268 e. The van der Waals surface area contributed by atoms with Crippen molar-refractivity contribution in [2.75, 3.05) is 32.5 Å². The number of aryl methyl sites for hydroxylation is 2. The first kappa shape index (κ1) is 19.2. The molecule has 1 aliphatic rings. The summed E-state index contributed by atoms with van der Waals surface area (Å²) in [6.07, 6.45) is 6.69. The van der Waals surface area contributed by atoms with E-state index in [1.54, 1.807) is 15.9 Å². The summed E-state index contributed by atoms with van der Waals surface area (Å²) < 4.78 is 1.76. The van der Waals surface area contributed by atoms with E-state index in [9.17, 15) is 4.79 Å². The van der Waals surface area contributed by atoms with Crippen molar-refractivity contribution < 1.29 is 0 Å². The summed E-state index contributed by atoms with van der Waals surface area (Å²) >= 11 is 1.72. The van der Waals surface area contributed by atoms with Crippen LogP contribution in [0, 0.1) is 0 Å². The first-order valence-electron chi connectivity index (χ1n) is 10.2. The van der Waals surface area contributed by atoms with Crippen LogP contribution >= 0.6 is 11.3 Å². The van der Waals surface area contributed by atoms with Crippen LogP contribution in [0.25, 0.3) is 15.9 Å². The van der Waals surface area contributed by atoms with Gasteiger partial charge in [0, 0.05) is 11.4 Å². The van der Waals surface area contributed by atoms with Crippen molar-refractivity contribution in [3.63, 3.8) is 0 Å². The number of para-hydroxylation sites is 1. The fraction of sp³-hybridized carbons (Fsp3) is 0.455. The van der Waals surface area contributed by atoms with Crippen LogP contribution in [0.4, 0.5) is 5.95 Å². The number of nitrogens with zero attached hydrogens (tertiary/aromatic N) is 3. The molecule has 2 aromatic heterocycles.